The second kappa shape index (κ2) is 13.7. The molecule has 2 unspecified atom stereocenters. The average Bonchev–Trinajstić information content (AvgIpc) is 2.88. The zero-order valence-corrected chi connectivity index (χ0v) is 24.6. The molecule has 0 aliphatic rings. The number of alkyl carbamates (subject to hydrolysis) is 1. The number of rotatable bonds is 9. The van der Waals surface area contributed by atoms with Crippen LogP contribution in [0.25, 0.3) is 0 Å². The van der Waals surface area contributed by atoms with E-state index in [-0.39, 0.29) is 12.2 Å². The first-order valence-corrected chi connectivity index (χ1v) is 13.1. The van der Waals surface area contributed by atoms with Crippen molar-refractivity contribution in [1.29, 1.82) is 0 Å². The Balaban J connectivity index is 2.62. The maximum Gasteiger partial charge on any atom is 0.408 e. The summed E-state index contributed by atoms with van der Waals surface area (Å²) in [5.74, 6) is 0.700. The third-order valence-electron chi connectivity index (χ3n) is 5.86. The van der Waals surface area contributed by atoms with Crippen molar-refractivity contribution in [3.63, 3.8) is 0 Å². The number of benzene rings is 2. The molecule has 0 aliphatic carbocycles. The highest BCUT2D eigenvalue weighted by molar-refractivity contribution is 5.93. The van der Waals surface area contributed by atoms with Crippen LogP contribution in [0, 0.1) is 12.3 Å². The normalized spacial score (nSPS) is 12.7. The van der Waals surface area contributed by atoms with E-state index in [4.69, 9.17) is 11.2 Å². The van der Waals surface area contributed by atoms with Gasteiger partial charge in [-0.2, -0.15) is 0 Å². The Morgan fingerprint density at radius 3 is 2.05 bits per heavy atom. The highest BCUT2D eigenvalue weighted by Gasteiger charge is 2.42. The number of phenolic OH excluding ortho intramolecular Hbond substituents is 1. The molecule has 0 heterocycles. The second-order valence-electron chi connectivity index (χ2n) is 11.4. The molecule has 41 heavy (non-hydrogen) atoms. The number of hydrogen-bond donors (Lipinski definition) is 3. The first-order chi connectivity index (χ1) is 19.1. The fraction of sp³-hybridized carbons (Fsp3) is 0.419. The van der Waals surface area contributed by atoms with Crippen molar-refractivity contribution in [3.05, 3.63) is 65.2 Å². The topological polar surface area (TPSA) is 134 Å². The Bertz CT molecular complexity index is 1270. The summed E-state index contributed by atoms with van der Waals surface area (Å²) >= 11 is 0. The van der Waals surface area contributed by atoms with Gasteiger partial charge in [-0.25, -0.2) is 4.79 Å². The summed E-state index contributed by atoms with van der Waals surface area (Å²) in [5, 5.41) is 14.9. The van der Waals surface area contributed by atoms with E-state index >= 15 is 0 Å². The molecule has 0 radical (unpaired) electrons. The lowest BCUT2D eigenvalue weighted by atomic mass is 9.93. The summed E-state index contributed by atoms with van der Waals surface area (Å²) in [6, 6.07) is 10.4. The maximum absolute atomic E-state index is 14.4. The smallest absolute Gasteiger partial charge is 0.408 e. The number of amides is 3. The Labute approximate surface area is 241 Å². The van der Waals surface area contributed by atoms with Crippen LogP contribution in [-0.2, 0) is 30.3 Å². The summed E-state index contributed by atoms with van der Waals surface area (Å²) in [6.07, 6.45) is 4.74. The molecule has 0 saturated heterocycles. The SMILES string of the molecule is C#Cc1ccc(C(C(=O)NCC(=O)OC)N(C(=O)C(Cc2ccc(O)cc2)NC(=O)OC(C)(C)C)C(C)(C)C)cc1. The van der Waals surface area contributed by atoms with Crippen LogP contribution in [-0.4, -0.2) is 64.7 Å². The monoisotopic (exact) mass is 565 g/mol. The van der Waals surface area contributed by atoms with E-state index in [0.717, 1.165) is 0 Å². The Morgan fingerprint density at radius 2 is 1.56 bits per heavy atom. The Morgan fingerprint density at radius 1 is 0.976 bits per heavy atom. The second-order valence-corrected chi connectivity index (χ2v) is 11.4. The molecule has 3 N–H and O–H groups in total. The van der Waals surface area contributed by atoms with Crippen LogP contribution >= 0.6 is 0 Å². The van der Waals surface area contributed by atoms with Crippen LogP contribution in [0.5, 0.6) is 5.75 Å². The molecule has 0 aromatic heterocycles. The number of carbonyl (C=O) groups excluding carboxylic acids is 4. The molecule has 0 bridgehead atoms. The molecular formula is C31H39N3O7. The molecule has 0 aliphatic heterocycles. The van der Waals surface area contributed by atoms with Crippen molar-refractivity contribution in [2.45, 2.75) is 71.2 Å². The van der Waals surface area contributed by atoms with Gasteiger partial charge in [0.15, 0.2) is 0 Å². The Kier molecular flexibility index (Phi) is 10.9. The number of phenols is 1. The lowest BCUT2D eigenvalue weighted by Crippen LogP contribution is -2.59. The summed E-state index contributed by atoms with van der Waals surface area (Å²) in [4.78, 5) is 54.1. The highest BCUT2D eigenvalue weighted by Crippen LogP contribution is 2.31. The van der Waals surface area contributed by atoms with Gasteiger partial charge in [0, 0.05) is 17.5 Å². The van der Waals surface area contributed by atoms with Gasteiger partial charge in [-0.1, -0.05) is 30.2 Å². The average molecular weight is 566 g/mol. The van der Waals surface area contributed by atoms with Crippen LogP contribution in [0.4, 0.5) is 4.79 Å². The quantitative estimate of drug-likeness (QED) is 0.313. The summed E-state index contributed by atoms with van der Waals surface area (Å²) in [7, 11) is 1.20. The van der Waals surface area contributed by atoms with E-state index in [9.17, 15) is 24.3 Å². The number of carbonyl (C=O) groups is 4. The standard InChI is InChI=1S/C31H39N3O7/c1-9-20-10-14-22(15-11-20)26(27(37)32-19-25(36)40-8)34(30(2,3)4)28(38)24(33-29(39)41-31(5,6)7)18-21-12-16-23(35)17-13-21/h1,10-17,24,26,35H,18-19H2,2-8H3,(H,32,37)(H,33,39). The van der Waals surface area contributed by atoms with Gasteiger partial charge in [-0.3, -0.25) is 14.4 Å². The van der Waals surface area contributed by atoms with E-state index in [1.54, 1.807) is 77.9 Å². The van der Waals surface area contributed by atoms with Gasteiger partial charge < -0.3 is 30.1 Å². The van der Waals surface area contributed by atoms with Crippen molar-refractivity contribution >= 4 is 23.9 Å². The lowest BCUT2D eigenvalue weighted by Gasteiger charge is -2.43. The molecule has 2 aromatic carbocycles. The zero-order chi connectivity index (χ0) is 31.0. The number of aromatic hydroxyl groups is 1. The molecular weight excluding hydrogens is 526 g/mol. The van der Waals surface area contributed by atoms with Gasteiger partial charge in [-0.05, 0) is 76.9 Å². The van der Waals surface area contributed by atoms with E-state index in [0.29, 0.717) is 16.7 Å². The van der Waals surface area contributed by atoms with Crippen molar-refractivity contribution in [2.75, 3.05) is 13.7 Å². The summed E-state index contributed by atoms with van der Waals surface area (Å²) < 4.78 is 10.1. The van der Waals surface area contributed by atoms with Gasteiger partial charge in [0.1, 0.15) is 30.0 Å². The minimum absolute atomic E-state index is 0.0392. The molecule has 0 fully saturated rings. The molecule has 10 nitrogen and oxygen atoms in total. The molecule has 2 atom stereocenters. The fourth-order valence-corrected chi connectivity index (χ4v) is 4.04. The molecule has 220 valence electrons. The number of terminal acetylenes is 1. The van der Waals surface area contributed by atoms with E-state index in [1.807, 2.05) is 0 Å². The number of nitrogens with one attached hydrogen (secondary N) is 2. The van der Waals surface area contributed by atoms with Gasteiger partial charge >= 0.3 is 12.1 Å². The molecule has 3 amide bonds. The predicted molar refractivity (Wildman–Crippen MR) is 154 cm³/mol. The van der Waals surface area contributed by atoms with Crippen molar-refractivity contribution in [3.8, 4) is 18.1 Å². The van der Waals surface area contributed by atoms with Crippen LogP contribution in [0.15, 0.2) is 48.5 Å². The van der Waals surface area contributed by atoms with E-state index in [1.165, 1.54) is 24.1 Å². The number of nitrogens with zero attached hydrogens (tertiary/aromatic N) is 1. The summed E-state index contributed by atoms with van der Waals surface area (Å²) in [5.41, 5.74) is -0.105. The van der Waals surface area contributed by atoms with Gasteiger partial charge in [0.25, 0.3) is 0 Å². The van der Waals surface area contributed by atoms with Crippen molar-refractivity contribution in [1.82, 2.24) is 15.5 Å². The predicted octanol–water partition coefficient (Wildman–Crippen LogP) is 3.47. The fourth-order valence-electron chi connectivity index (χ4n) is 4.04. The lowest BCUT2D eigenvalue weighted by molar-refractivity contribution is -0.149. The van der Waals surface area contributed by atoms with Crippen LogP contribution in [0.2, 0.25) is 0 Å². The van der Waals surface area contributed by atoms with Crippen LogP contribution < -0.4 is 10.6 Å². The van der Waals surface area contributed by atoms with Crippen molar-refractivity contribution < 1.29 is 33.8 Å². The van der Waals surface area contributed by atoms with Gasteiger partial charge in [0.2, 0.25) is 11.8 Å². The third kappa shape index (κ3) is 9.87. The van der Waals surface area contributed by atoms with E-state index in [2.05, 4.69) is 21.3 Å². The molecule has 0 saturated carbocycles. The minimum atomic E-state index is -1.21. The summed E-state index contributed by atoms with van der Waals surface area (Å²) in [6.45, 7) is 9.96. The Hall–Kier alpha value is -4.52. The third-order valence-corrected chi connectivity index (χ3v) is 5.86. The zero-order valence-electron chi connectivity index (χ0n) is 24.6. The molecule has 10 heteroatoms. The molecule has 0 spiro atoms. The number of hydrogen-bond acceptors (Lipinski definition) is 7. The van der Waals surface area contributed by atoms with Crippen LogP contribution in [0.1, 0.15) is 64.3 Å². The van der Waals surface area contributed by atoms with Gasteiger partial charge in [0.05, 0.1) is 7.11 Å². The number of esters is 1. The number of methoxy groups -OCH3 is 1. The molecule has 2 rings (SSSR count). The molecule has 2 aromatic rings. The van der Waals surface area contributed by atoms with Crippen LogP contribution in [0.3, 0.4) is 0 Å². The van der Waals surface area contributed by atoms with E-state index < -0.39 is 53.6 Å². The highest BCUT2D eigenvalue weighted by atomic mass is 16.6. The maximum atomic E-state index is 14.4. The first-order valence-electron chi connectivity index (χ1n) is 13.1. The largest absolute Gasteiger partial charge is 0.508 e. The first kappa shape index (κ1) is 32.7. The number of ether oxygens (including phenoxy) is 2. The minimum Gasteiger partial charge on any atom is -0.508 e. The van der Waals surface area contributed by atoms with Crippen molar-refractivity contribution in [2.24, 2.45) is 0 Å². The van der Waals surface area contributed by atoms with Gasteiger partial charge in [-0.15, -0.1) is 6.42 Å².